The second-order valence-corrected chi connectivity index (χ2v) is 6.68. The lowest BCUT2D eigenvalue weighted by Crippen LogP contribution is -2.09. The van der Waals surface area contributed by atoms with Crippen LogP contribution in [0.25, 0.3) is 32.8 Å². The van der Waals surface area contributed by atoms with Gasteiger partial charge in [0, 0.05) is 34.6 Å². The van der Waals surface area contributed by atoms with Crippen LogP contribution in [0, 0.1) is 0 Å². The van der Waals surface area contributed by atoms with Crippen molar-refractivity contribution < 1.29 is 0 Å². The molecule has 25 heavy (non-hydrogen) atoms. The van der Waals surface area contributed by atoms with E-state index < -0.39 is 0 Å². The molecule has 0 bridgehead atoms. The van der Waals surface area contributed by atoms with Crippen LogP contribution in [0.3, 0.4) is 0 Å². The molecule has 0 fully saturated rings. The van der Waals surface area contributed by atoms with Gasteiger partial charge in [0.2, 0.25) is 0 Å². The van der Waals surface area contributed by atoms with E-state index in [-0.39, 0.29) is 0 Å². The summed E-state index contributed by atoms with van der Waals surface area (Å²) < 4.78 is 0. The zero-order chi connectivity index (χ0) is 17.4. The number of hydrogen-bond donors (Lipinski definition) is 2. The molecule has 0 unspecified atom stereocenters. The van der Waals surface area contributed by atoms with Gasteiger partial charge in [0.1, 0.15) is 0 Å². The van der Waals surface area contributed by atoms with Gasteiger partial charge in [-0.3, -0.25) is 4.98 Å². The summed E-state index contributed by atoms with van der Waals surface area (Å²) in [5.74, 6) is 0. The fourth-order valence-corrected chi connectivity index (χ4v) is 3.28. The summed E-state index contributed by atoms with van der Waals surface area (Å²) in [4.78, 5) is 4.56. The number of pyridine rings is 1. The molecule has 4 aromatic rings. The number of fused-ring (bicyclic) bond motifs is 2. The molecule has 0 aliphatic rings. The molecule has 1 aromatic heterocycles. The molecule has 0 radical (unpaired) electrons. The quantitative estimate of drug-likeness (QED) is 0.388. The molecule has 3 nitrogen and oxygen atoms in total. The predicted molar refractivity (Wildman–Crippen MR) is 108 cm³/mol. The van der Waals surface area contributed by atoms with Crippen molar-refractivity contribution in [2.24, 2.45) is 0 Å². The van der Waals surface area contributed by atoms with Crippen LogP contribution in [0.1, 0.15) is 13.8 Å². The first-order valence-electron chi connectivity index (χ1n) is 8.56. The lowest BCUT2D eigenvalue weighted by atomic mass is 9.97. The Morgan fingerprint density at radius 2 is 1.64 bits per heavy atom. The molecule has 4 rings (SSSR count). The Morgan fingerprint density at radius 3 is 2.40 bits per heavy atom. The van der Waals surface area contributed by atoms with Crippen LogP contribution in [0.4, 0.5) is 11.4 Å². The zero-order valence-corrected chi connectivity index (χ0v) is 14.5. The largest absolute Gasteiger partial charge is 0.398 e. The minimum atomic E-state index is 0.370. The van der Waals surface area contributed by atoms with E-state index in [1.54, 1.807) is 0 Å². The van der Waals surface area contributed by atoms with Crippen LogP contribution < -0.4 is 11.1 Å². The smallest absolute Gasteiger partial charge is 0.0714 e. The first-order chi connectivity index (χ1) is 12.1. The standard InChI is InChI=1S/C22H21N3/c1-14(2)25-17-7-8-21(23)19(13-17)18-9-10-24-22-12-16-6-4-3-5-15(16)11-20(18)22/h3-14,25H,23H2,1-2H3. The van der Waals surface area contributed by atoms with Gasteiger partial charge in [-0.15, -0.1) is 0 Å². The molecule has 3 heteroatoms. The van der Waals surface area contributed by atoms with E-state index in [0.29, 0.717) is 6.04 Å². The van der Waals surface area contributed by atoms with Crippen LogP contribution in [0.2, 0.25) is 0 Å². The number of nitrogens with two attached hydrogens (primary N) is 1. The van der Waals surface area contributed by atoms with Crippen molar-refractivity contribution in [1.29, 1.82) is 0 Å². The summed E-state index contributed by atoms with van der Waals surface area (Å²) in [6, 6.07) is 21.2. The van der Waals surface area contributed by atoms with Gasteiger partial charge in [0.25, 0.3) is 0 Å². The number of aromatic nitrogens is 1. The van der Waals surface area contributed by atoms with E-state index in [1.165, 1.54) is 10.8 Å². The molecule has 124 valence electrons. The SMILES string of the molecule is CC(C)Nc1ccc(N)c(-c2ccnc3cc4ccccc4cc23)c1. The van der Waals surface area contributed by atoms with E-state index in [1.807, 2.05) is 24.4 Å². The van der Waals surface area contributed by atoms with Gasteiger partial charge in [-0.1, -0.05) is 24.3 Å². The fourth-order valence-electron chi connectivity index (χ4n) is 3.28. The van der Waals surface area contributed by atoms with Gasteiger partial charge in [0.05, 0.1) is 5.52 Å². The highest BCUT2D eigenvalue weighted by molar-refractivity contribution is 6.04. The molecule has 0 aliphatic heterocycles. The number of rotatable bonds is 3. The van der Waals surface area contributed by atoms with Crippen LogP contribution in [0.15, 0.2) is 66.9 Å². The van der Waals surface area contributed by atoms with Crippen molar-refractivity contribution in [3.8, 4) is 11.1 Å². The van der Waals surface area contributed by atoms with E-state index in [4.69, 9.17) is 5.73 Å². The maximum atomic E-state index is 6.31. The molecular weight excluding hydrogens is 306 g/mol. The summed E-state index contributed by atoms with van der Waals surface area (Å²) >= 11 is 0. The highest BCUT2D eigenvalue weighted by atomic mass is 14.9. The van der Waals surface area contributed by atoms with Gasteiger partial charge in [-0.2, -0.15) is 0 Å². The van der Waals surface area contributed by atoms with E-state index in [9.17, 15) is 0 Å². The Labute approximate surface area is 147 Å². The minimum Gasteiger partial charge on any atom is -0.398 e. The molecular formula is C22H21N3. The van der Waals surface area contributed by atoms with Crippen molar-refractivity contribution in [1.82, 2.24) is 4.98 Å². The molecule has 3 N–H and O–H groups in total. The third-order valence-corrected chi connectivity index (χ3v) is 4.41. The zero-order valence-electron chi connectivity index (χ0n) is 14.5. The van der Waals surface area contributed by atoms with Crippen molar-refractivity contribution in [3.63, 3.8) is 0 Å². The first-order valence-corrected chi connectivity index (χ1v) is 8.56. The molecule has 0 saturated heterocycles. The van der Waals surface area contributed by atoms with Crippen LogP contribution in [0.5, 0.6) is 0 Å². The summed E-state index contributed by atoms with van der Waals surface area (Å²) in [7, 11) is 0. The number of nitrogen functional groups attached to an aromatic ring is 1. The summed E-state index contributed by atoms with van der Waals surface area (Å²) in [6.45, 7) is 4.26. The number of nitrogens with one attached hydrogen (secondary N) is 1. The van der Waals surface area contributed by atoms with Crippen LogP contribution in [-0.4, -0.2) is 11.0 Å². The predicted octanol–water partition coefficient (Wildman–Crippen LogP) is 5.46. The highest BCUT2D eigenvalue weighted by Gasteiger charge is 2.10. The number of nitrogens with zero attached hydrogens (tertiary/aromatic N) is 1. The van der Waals surface area contributed by atoms with Gasteiger partial charge >= 0.3 is 0 Å². The molecule has 0 saturated carbocycles. The Morgan fingerprint density at radius 1 is 0.880 bits per heavy atom. The van der Waals surface area contributed by atoms with E-state index in [0.717, 1.165) is 33.4 Å². The summed E-state index contributed by atoms with van der Waals surface area (Å²) in [5.41, 5.74) is 11.3. The molecule has 0 amide bonds. The average Bonchev–Trinajstić information content (AvgIpc) is 2.61. The molecule has 0 aliphatic carbocycles. The van der Waals surface area contributed by atoms with Crippen molar-refractivity contribution in [3.05, 3.63) is 66.9 Å². The second-order valence-electron chi connectivity index (χ2n) is 6.68. The Hall–Kier alpha value is -3.07. The molecule has 3 aromatic carbocycles. The number of hydrogen-bond acceptors (Lipinski definition) is 3. The Kier molecular flexibility index (Phi) is 3.77. The maximum Gasteiger partial charge on any atom is 0.0714 e. The average molecular weight is 327 g/mol. The third-order valence-electron chi connectivity index (χ3n) is 4.41. The molecule has 0 spiro atoms. The normalized spacial score (nSPS) is 11.3. The van der Waals surface area contributed by atoms with Crippen molar-refractivity contribution >= 4 is 33.1 Å². The van der Waals surface area contributed by atoms with E-state index in [2.05, 4.69) is 66.6 Å². The topological polar surface area (TPSA) is 50.9 Å². The fraction of sp³-hybridized carbons (Fsp3) is 0.136. The third kappa shape index (κ3) is 2.89. The summed E-state index contributed by atoms with van der Waals surface area (Å²) in [6.07, 6.45) is 1.86. The number of benzene rings is 3. The summed E-state index contributed by atoms with van der Waals surface area (Å²) in [5, 5.41) is 6.97. The second kappa shape index (κ2) is 6.10. The highest BCUT2D eigenvalue weighted by Crippen LogP contribution is 2.35. The lowest BCUT2D eigenvalue weighted by Gasteiger charge is -2.15. The first kappa shape index (κ1) is 15.5. The van der Waals surface area contributed by atoms with Gasteiger partial charge in [0.15, 0.2) is 0 Å². The Balaban J connectivity index is 1.96. The van der Waals surface area contributed by atoms with Gasteiger partial charge in [-0.25, -0.2) is 0 Å². The lowest BCUT2D eigenvalue weighted by molar-refractivity contribution is 0.900. The van der Waals surface area contributed by atoms with Gasteiger partial charge in [-0.05, 0) is 66.6 Å². The van der Waals surface area contributed by atoms with Crippen molar-refractivity contribution in [2.75, 3.05) is 11.1 Å². The number of anilines is 2. The molecule has 0 atom stereocenters. The van der Waals surface area contributed by atoms with E-state index >= 15 is 0 Å². The van der Waals surface area contributed by atoms with Crippen LogP contribution >= 0.6 is 0 Å². The Bertz CT molecular complexity index is 1070. The monoisotopic (exact) mass is 327 g/mol. The van der Waals surface area contributed by atoms with Gasteiger partial charge < -0.3 is 11.1 Å². The van der Waals surface area contributed by atoms with Crippen LogP contribution in [-0.2, 0) is 0 Å². The molecule has 1 heterocycles. The maximum absolute atomic E-state index is 6.31. The minimum absolute atomic E-state index is 0.370. The van der Waals surface area contributed by atoms with Crippen molar-refractivity contribution in [2.45, 2.75) is 19.9 Å².